The van der Waals surface area contributed by atoms with Crippen LogP contribution >= 0.6 is 0 Å². The van der Waals surface area contributed by atoms with Crippen molar-refractivity contribution < 1.29 is 22.7 Å². The van der Waals surface area contributed by atoms with Crippen LogP contribution < -0.4 is 10.1 Å². The monoisotopic (exact) mass is 350 g/mol. The van der Waals surface area contributed by atoms with Crippen molar-refractivity contribution in [3.05, 3.63) is 53.7 Å². The van der Waals surface area contributed by atoms with E-state index in [1.54, 1.807) is 24.3 Å². The predicted molar refractivity (Wildman–Crippen MR) is 85.5 cm³/mol. The first-order valence-corrected chi connectivity index (χ1v) is 8.04. The fraction of sp³-hybridized carbons (Fsp3) is 0.333. The summed E-state index contributed by atoms with van der Waals surface area (Å²) in [5, 5.41) is 2.99. The minimum atomic E-state index is -4.43. The Morgan fingerprint density at radius 3 is 2.32 bits per heavy atom. The Hall–Kier alpha value is -2.57. The lowest BCUT2D eigenvalue weighted by molar-refractivity contribution is -0.137. The van der Waals surface area contributed by atoms with Gasteiger partial charge in [0, 0.05) is 23.9 Å². The summed E-state index contributed by atoms with van der Waals surface area (Å²) in [5.74, 6) is 0.312. The van der Waals surface area contributed by atoms with Gasteiger partial charge < -0.3 is 10.1 Å². The number of alkyl halides is 3. The Balaban J connectivity index is 1.61. The van der Waals surface area contributed by atoms with Crippen LogP contribution in [0.2, 0.25) is 0 Å². The van der Waals surface area contributed by atoms with Gasteiger partial charge in [-0.05, 0) is 43.2 Å². The summed E-state index contributed by atoms with van der Waals surface area (Å²) >= 11 is 0. The number of aromatic nitrogens is 1. The van der Waals surface area contributed by atoms with Gasteiger partial charge in [0.1, 0.15) is 5.75 Å². The number of pyridine rings is 1. The first-order valence-electron chi connectivity index (χ1n) is 8.04. The molecule has 7 heteroatoms. The Morgan fingerprint density at radius 1 is 1.08 bits per heavy atom. The molecule has 1 aliphatic rings. The maximum Gasteiger partial charge on any atom is 0.417 e. The lowest BCUT2D eigenvalue weighted by Crippen LogP contribution is -2.32. The number of carbonyl (C=O) groups excluding carboxylic acids is 1. The molecular weight excluding hydrogens is 333 g/mol. The highest BCUT2D eigenvalue weighted by molar-refractivity contribution is 5.94. The zero-order valence-corrected chi connectivity index (χ0v) is 13.3. The average molecular weight is 350 g/mol. The van der Waals surface area contributed by atoms with Crippen LogP contribution in [0, 0.1) is 0 Å². The Labute approximate surface area is 143 Å². The third-order valence-corrected chi connectivity index (χ3v) is 4.09. The van der Waals surface area contributed by atoms with Crippen LogP contribution in [0.3, 0.4) is 0 Å². The van der Waals surface area contributed by atoms with Gasteiger partial charge in [-0.15, -0.1) is 0 Å². The van der Waals surface area contributed by atoms with Crippen LogP contribution in [0.4, 0.5) is 13.2 Å². The van der Waals surface area contributed by atoms with Crippen LogP contribution in [0.25, 0.3) is 0 Å². The van der Waals surface area contributed by atoms with Crippen molar-refractivity contribution in [2.75, 3.05) is 0 Å². The van der Waals surface area contributed by atoms with Gasteiger partial charge in [-0.3, -0.25) is 4.79 Å². The fourth-order valence-electron chi connectivity index (χ4n) is 2.74. The highest BCUT2D eigenvalue weighted by Crippen LogP contribution is 2.30. The van der Waals surface area contributed by atoms with Gasteiger partial charge in [-0.1, -0.05) is 12.8 Å². The minimum absolute atomic E-state index is 0.0520. The molecule has 3 rings (SSSR count). The molecule has 0 atom stereocenters. The van der Waals surface area contributed by atoms with Crippen LogP contribution in [0.1, 0.15) is 41.6 Å². The molecule has 1 aromatic heterocycles. The predicted octanol–water partition coefficient (Wildman–Crippen LogP) is 4.57. The number of carbonyl (C=O) groups is 1. The van der Waals surface area contributed by atoms with E-state index in [1.807, 2.05) is 0 Å². The fourth-order valence-corrected chi connectivity index (χ4v) is 2.74. The molecular formula is C18H17F3N2O2. The Bertz CT molecular complexity index is 721. The van der Waals surface area contributed by atoms with Gasteiger partial charge in [0.2, 0.25) is 5.88 Å². The summed E-state index contributed by atoms with van der Waals surface area (Å²) in [5.41, 5.74) is -0.321. The molecule has 0 spiro atoms. The second kappa shape index (κ2) is 7.13. The molecule has 0 bridgehead atoms. The van der Waals surface area contributed by atoms with Gasteiger partial charge in [0.25, 0.3) is 5.91 Å². The van der Waals surface area contributed by atoms with Gasteiger partial charge in [-0.25, -0.2) is 4.98 Å². The average Bonchev–Trinajstić information content (AvgIpc) is 3.08. The zero-order chi connectivity index (χ0) is 17.9. The SMILES string of the molecule is O=C(NC1CCCC1)c1ccc(Oc2ccc(C(F)(F)F)cn2)cc1. The summed E-state index contributed by atoms with van der Waals surface area (Å²) in [4.78, 5) is 15.8. The quantitative estimate of drug-likeness (QED) is 0.879. The standard InChI is InChI=1S/C18H17F3N2O2/c19-18(20,21)13-7-10-16(22-11-13)25-15-8-5-12(6-9-15)17(24)23-14-3-1-2-4-14/h5-11,14H,1-4H2,(H,23,24). The number of benzene rings is 1. The first kappa shape index (κ1) is 17.3. The van der Waals surface area contributed by atoms with Gasteiger partial charge in [-0.2, -0.15) is 13.2 Å². The molecule has 0 radical (unpaired) electrons. The van der Waals surface area contributed by atoms with E-state index < -0.39 is 11.7 Å². The van der Waals surface area contributed by atoms with Crippen LogP contribution in [-0.2, 0) is 6.18 Å². The molecule has 0 saturated heterocycles. The molecule has 1 aliphatic carbocycles. The summed E-state index contributed by atoms with van der Waals surface area (Å²) in [6, 6.07) is 8.70. The second-order valence-corrected chi connectivity index (χ2v) is 5.96. The number of nitrogens with one attached hydrogen (secondary N) is 1. The molecule has 1 N–H and O–H groups in total. The second-order valence-electron chi connectivity index (χ2n) is 5.96. The Morgan fingerprint density at radius 2 is 1.76 bits per heavy atom. The highest BCUT2D eigenvalue weighted by Gasteiger charge is 2.30. The summed E-state index contributed by atoms with van der Waals surface area (Å²) in [6.45, 7) is 0. The molecule has 132 valence electrons. The molecule has 2 aromatic rings. The van der Waals surface area contributed by atoms with E-state index in [0.717, 1.165) is 44.0 Å². The van der Waals surface area contributed by atoms with Crippen LogP contribution in [-0.4, -0.2) is 16.9 Å². The van der Waals surface area contributed by atoms with Crippen molar-refractivity contribution in [3.63, 3.8) is 0 Å². The number of amides is 1. The molecule has 0 aliphatic heterocycles. The number of hydrogen-bond acceptors (Lipinski definition) is 3. The largest absolute Gasteiger partial charge is 0.439 e. The summed E-state index contributed by atoms with van der Waals surface area (Å²) < 4.78 is 42.9. The third-order valence-electron chi connectivity index (χ3n) is 4.09. The first-order chi connectivity index (χ1) is 11.9. The summed E-state index contributed by atoms with van der Waals surface area (Å²) in [7, 11) is 0. The van der Waals surface area contributed by atoms with E-state index in [-0.39, 0.29) is 17.8 Å². The number of ether oxygens (including phenoxy) is 1. The van der Waals surface area contributed by atoms with Crippen molar-refractivity contribution in [2.45, 2.75) is 37.9 Å². The number of halogens is 3. The van der Waals surface area contributed by atoms with Crippen molar-refractivity contribution in [1.82, 2.24) is 10.3 Å². The molecule has 1 amide bonds. The van der Waals surface area contributed by atoms with E-state index >= 15 is 0 Å². The van der Waals surface area contributed by atoms with Gasteiger partial charge in [0.15, 0.2) is 0 Å². The third kappa shape index (κ3) is 4.49. The van der Waals surface area contributed by atoms with Gasteiger partial charge >= 0.3 is 6.18 Å². The molecule has 0 unspecified atom stereocenters. The minimum Gasteiger partial charge on any atom is -0.439 e. The van der Waals surface area contributed by atoms with Crippen molar-refractivity contribution in [1.29, 1.82) is 0 Å². The molecule has 1 saturated carbocycles. The molecule has 1 fully saturated rings. The zero-order valence-electron chi connectivity index (χ0n) is 13.3. The van der Waals surface area contributed by atoms with Crippen molar-refractivity contribution in [2.24, 2.45) is 0 Å². The lowest BCUT2D eigenvalue weighted by atomic mass is 10.1. The number of rotatable bonds is 4. The van der Waals surface area contributed by atoms with E-state index in [0.29, 0.717) is 11.3 Å². The molecule has 25 heavy (non-hydrogen) atoms. The summed E-state index contributed by atoms with van der Waals surface area (Å²) in [6.07, 6.45) is 0.577. The van der Waals surface area contributed by atoms with Crippen LogP contribution in [0.15, 0.2) is 42.6 Å². The molecule has 4 nitrogen and oxygen atoms in total. The van der Waals surface area contributed by atoms with E-state index in [9.17, 15) is 18.0 Å². The topological polar surface area (TPSA) is 51.2 Å². The van der Waals surface area contributed by atoms with E-state index in [1.165, 1.54) is 0 Å². The lowest BCUT2D eigenvalue weighted by Gasteiger charge is -2.12. The maximum atomic E-state index is 12.5. The smallest absolute Gasteiger partial charge is 0.417 e. The van der Waals surface area contributed by atoms with E-state index in [2.05, 4.69) is 10.3 Å². The van der Waals surface area contributed by atoms with Crippen molar-refractivity contribution >= 4 is 5.91 Å². The number of nitrogens with zero attached hydrogens (tertiary/aromatic N) is 1. The Kier molecular flexibility index (Phi) is 4.92. The highest BCUT2D eigenvalue weighted by atomic mass is 19.4. The maximum absolute atomic E-state index is 12.5. The van der Waals surface area contributed by atoms with Crippen LogP contribution in [0.5, 0.6) is 11.6 Å². The van der Waals surface area contributed by atoms with Gasteiger partial charge in [0.05, 0.1) is 5.56 Å². The van der Waals surface area contributed by atoms with Crippen molar-refractivity contribution in [3.8, 4) is 11.6 Å². The van der Waals surface area contributed by atoms with E-state index in [4.69, 9.17) is 4.74 Å². The molecule has 1 aromatic carbocycles. The number of hydrogen-bond donors (Lipinski definition) is 1. The molecule has 1 heterocycles. The normalized spacial score (nSPS) is 15.2.